The lowest BCUT2D eigenvalue weighted by Gasteiger charge is -2.25. The number of hydrogen-bond donors (Lipinski definition) is 1. The van der Waals surface area contributed by atoms with Crippen LogP contribution in [-0.2, 0) is 14.8 Å². The quantitative estimate of drug-likeness (QED) is 0.194. The molecule has 0 aliphatic rings. The van der Waals surface area contributed by atoms with Crippen molar-refractivity contribution < 1.29 is 13.2 Å². The van der Waals surface area contributed by atoms with Gasteiger partial charge in [-0.25, -0.2) is 13.8 Å². The number of halogens is 2. The Morgan fingerprint density at radius 1 is 0.974 bits per heavy atom. The normalized spacial score (nSPS) is 11.6. The molecule has 0 radical (unpaired) electrons. The molecule has 39 heavy (non-hydrogen) atoms. The van der Waals surface area contributed by atoms with Crippen molar-refractivity contribution in [3.05, 3.63) is 111 Å². The zero-order valence-corrected chi connectivity index (χ0v) is 24.3. The Kier molecular flexibility index (Phi) is 8.49. The lowest BCUT2D eigenvalue weighted by atomic mass is 10.1. The van der Waals surface area contributed by atoms with Crippen molar-refractivity contribution in [2.24, 2.45) is 5.10 Å². The number of carbonyl (C=O) groups excluding carboxylic acids is 1. The first kappa shape index (κ1) is 28.4. The molecule has 1 aromatic heterocycles. The molecule has 0 atom stereocenters. The standard InChI is InChI=1S/C29H28Cl2N4O3S/c1-19-10-12-27(20(2)14-19)34(39(37,38)25-8-6-5-7-9-25)18-29(36)33-32-17-23-15-21(3)35(22(23)4)28-13-11-24(30)16-26(28)31/h5-17H,18H2,1-4H3,(H,33,36)/b32-17-. The fourth-order valence-electron chi connectivity index (χ4n) is 4.40. The Balaban J connectivity index is 1.58. The van der Waals surface area contributed by atoms with E-state index >= 15 is 0 Å². The van der Waals surface area contributed by atoms with E-state index in [1.165, 1.54) is 18.3 Å². The summed E-state index contributed by atoms with van der Waals surface area (Å²) in [6, 6.07) is 20.6. The number of nitrogens with one attached hydrogen (secondary N) is 1. The predicted molar refractivity (Wildman–Crippen MR) is 158 cm³/mol. The third kappa shape index (κ3) is 6.19. The van der Waals surface area contributed by atoms with Gasteiger partial charge >= 0.3 is 0 Å². The third-order valence-electron chi connectivity index (χ3n) is 6.25. The van der Waals surface area contributed by atoms with Crippen molar-refractivity contribution >= 4 is 51.0 Å². The first-order valence-electron chi connectivity index (χ1n) is 12.1. The summed E-state index contributed by atoms with van der Waals surface area (Å²) in [6.07, 6.45) is 1.52. The van der Waals surface area contributed by atoms with Crippen molar-refractivity contribution in [2.45, 2.75) is 32.6 Å². The van der Waals surface area contributed by atoms with Crippen molar-refractivity contribution in [1.29, 1.82) is 0 Å². The number of hydrogen-bond acceptors (Lipinski definition) is 4. The molecule has 3 aromatic carbocycles. The van der Waals surface area contributed by atoms with Gasteiger partial charge in [0.25, 0.3) is 15.9 Å². The summed E-state index contributed by atoms with van der Waals surface area (Å²) in [5.74, 6) is -0.583. The number of aromatic nitrogens is 1. The minimum atomic E-state index is -4.01. The molecule has 0 unspecified atom stereocenters. The van der Waals surface area contributed by atoms with Gasteiger partial charge in [-0.2, -0.15) is 5.10 Å². The van der Waals surface area contributed by atoms with E-state index in [9.17, 15) is 13.2 Å². The molecule has 10 heteroatoms. The molecule has 4 rings (SSSR count). The highest BCUT2D eigenvalue weighted by Gasteiger charge is 2.28. The minimum Gasteiger partial charge on any atom is -0.316 e. The number of carbonyl (C=O) groups is 1. The fraction of sp³-hybridized carbons (Fsp3) is 0.172. The Labute approximate surface area is 238 Å². The summed E-state index contributed by atoms with van der Waals surface area (Å²) in [5.41, 5.74) is 7.93. The average Bonchev–Trinajstić information content (AvgIpc) is 3.16. The second kappa shape index (κ2) is 11.7. The van der Waals surface area contributed by atoms with Gasteiger partial charge in [0.2, 0.25) is 0 Å². The van der Waals surface area contributed by atoms with Gasteiger partial charge in [-0.05, 0) is 75.7 Å². The predicted octanol–water partition coefficient (Wildman–Crippen LogP) is 6.36. The smallest absolute Gasteiger partial charge is 0.264 e. The molecule has 1 amide bonds. The second-order valence-corrected chi connectivity index (χ2v) is 11.9. The first-order chi connectivity index (χ1) is 18.5. The molecular weight excluding hydrogens is 555 g/mol. The number of anilines is 1. The monoisotopic (exact) mass is 582 g/mol. The molecule has 4 aromatic rings. The molecule has 0 bridgehead atoms. The van der Waals surface area contributed by atoms with E-state index in [1.54, 1.807) is 36.4 Å². The summed E-state index contributed by atoms with van der Waals surface area (Å²) < 4.78 is 30.2. The number of rotatable bonds is 8. The van der Waals surface area contributed by atoms with Gasteiger partial charge < -0.3 is 4.57 Å². The van der Waals surface area contributed by atoms with Crippen molar-refractivity contribution in [3.8, 4) is 5.69 Å². The highest BCUT2D eigenvalue weighted by Crippen LogP contribution is 2.29. The molecular formula is C29H28Cl2N4O3S. The molecule has 0 saturated carbocycles. The lowest BCUT2D eigenvalue weighted by molar-refractivity contribution is -0.119. The second-order valence-electron chi connectivity index (χ2n) is 9.17. The topological polar surface area (TPSA) is 83.8 Å². The Morgan fingerprint density at radius 3 is 2.36 bits per heavy atom. The number of aryl methyl sites for hydroxylation is 3. The molecule has 7 nitrogen and oxygen atoms in total. The van der Waals surface area contributed by atoms with Crippen LogP contribution in [-0.4, -0.2) is 31.7 Å². The number of sulfonamides is 1. The molecule has 1 heterocycles. The van der Waals surface area contributed by atoms with Crippen LogP contribution in [0.1, 0.15) is 28.1 Å². The Morgan fingerprint density at radius 2 is 1.69 bits per heavy atom. The van der Waals surface area contributed by atoms with Gasteiger partial charge in [-0.15, -0.1) is 0 Å². The van der Waals surface area contributed by atoms with Gasteiger partial charge in [0, 0.05) is 22.0 Å². The zero-order chi connectivity index (χ0) is 28.3. The molecule has 0 fully saturated rings. The molecule has 0 aliphatic heterocycles. The Hall–Kier alpha value is -3.59. The summed E-state index contributed by atoms with van der Waals surface area (Å²) in [4.78, 5) is 13.1. The summed E-state index contributed by atoms with van der Waals surface area (Å²) in [6.45, 7) is 7.14. The van der Waals surface area contributed by atoms with Crippen LogP contribution in [0.2, 0.25) is 10.0 Å². The highest BCUT2D eigenvalue weighted by molar-refractivity contribution is 7.92. The summed E-state index contributed by atoms with van der Waals surface area (Å²) >= 11 is 12.5. The number of hydrazone groups is 1. The largest absolute Gasteiger partial charge is 0.316 e. The maximum atomic E-state index is 13.6. The van der Waals surface area contributed by atoms with Crippen molar-refractivity contribution in [2.75, 3.05) is 10.8 Å². The van der Waals surface area contributed by atoms with Gasteiger partial charge in [-0.3, -0.25) is 9.10 Å². The van der Waals surface area contributed by atoms with E-state index in [1.807, 2.05) is 56.5 Å². The van der Waals surface area contributed by atoms with Crippen LogP contribution < -0.4 is 9.73 Å². The van der Waals surface area contributed by atoms with E-state index in [0.29, 0.717) is 15.7 Å². The van der Waals surface area contributed by atoms with Gasteiger partial charge in [0.15, 0.2) is 0 Å². The van der Waals surface area contributed by atoms with E-state index in [2.05, 4.69) is 10.5 Å². The number of nitrogens with zero attached hydrogens (tertiary/aromatic N) is 3. The molecule has 0 saturated heterocycles. The van der Waals surface area contributed by atoms with Gasteiger partial charge in [0.1, 0.15) is 6.54 Å². The van der Waals surface area contributed by atoms with Gasteiger partial charge in [0.05, 0.1) is 27.5 Å². The van der Waals surface area contributed by atoms with Crippen LogP contribution in [0, 0.1) is 27.7 Å². The average molecular weight is 584 g/mol. The molecule has 0 aliphatic carbocycles. The maximum Gasteiger partial charge on any atom is 0.264 e. The van der Waals surface area contributed by atoms with Crippen LogP contribution >= 0.6 is 23.2 Å². The Bertz CT molecular complexity index is 1670. The van der Waals surface area contributed by atoms with Crippen LogP contribution in [0.25, 0.3) is 5.69 Å². The van der Waals surface area contributed by atoms with Gasteiger partial charge in [-0.1, -0.05) is 59.1 Å². The van der Waals surface area contributed by atoms with E-state index in [4.69, 9.17) is 23.2 Å². The van der Waals surface area contributed by atoms with E-state index in [-0.39, 0.29) is 4.90 Å². The molecule has 1 N–H and O–H groups in total. The van der Waals surface area contributed by atoms with Crippen LogP contribution in [0.5, 0.6) is 0 Å². The minimum absolute atomic E-state index is 0.0922. The van der Waals surface area contributed by atoms with E-state index < -0.39 is 22.5 Å². The van der Waals surface area contributed by atoms with Crippen LogP contribution in [0.3, 0.4) is 0 Å². The van der Waals surface area contributed by atoms with Crippen LogP contribution in [0.15, 0.2) is 82.8 Å². The third-order valence-corrected chi connectivity index (χ3v) is 8.56. The van der Waals surface area contributed by atoms with Crippen molar-refractivity contribution in [1.82, 2.24) is 9.99 Å². The fourth-order valence-corrected chi connectivity index (χ4v) is 6.40. The molecule has 0 spiro atoms. The molecule has 202 valence electrons. The lowest BCUT2D eigenvalue weighted by Crippen LogP contribution is -2.40. The summed E-state index contributed by atoms with van der Waals surface area (Å²) in [5, 5.41) is 5.16. The van der Waals surface area contributed by atoms with Crippen LogP contribution in [0.4, 0.5) is 5.69 Å². The number of amides is 1. The number of benzene rings is 3. The van der Waals surface area contributed by atoms with Crippen molar-refractivity contribution in [3.63, 3.8) is 0 Å². The SMILES string of the molecule is Cc1ccc(N(CC(=O)N/N=C\c2cc(C)n(-c3ccc(Cl)cc3Cl)c2C)S(=O)(=O)c2ccccc2)c(C)c1. The first-order valence-corrected chi connectivity index (χ1v) is 14.3. The maximum absolute atomic E-state index is 13.6. The van der Waals surface area contributed by atoms with E-state index in [0.717, 1.165) is 38.1 Å². The highest BCUT2D eigenvalue weighted by atomic mass is 35.5. The summed E-state index contributed by atoms with van der Waals surface area (Å²) in [7, 11) is -4.01. The zero-order valence-electron chi connectivity index (χ0n) is 21.9.